The second-order valence-corrected chi connectivity index (χ2v) is 8.16. The lowest BCUT2D eigenvalue weighted by Crippen LogP contribution is -2.52. The quantitative estimate of drug-likeness (QED) is 0.678. The van der Waals surface area contributed by atoms with Gasteiger partial charge in [0, 0.05) is 42.1 Å². The number of imidazole rings is 1. The van der Waals surface area contributed by atoms with Crippen molar-refractivity contribution in [2.45, 2.75) is 25.4 Å². The van der Waals surface area contributed by atoms with E-state index in [0.717, 1.165) is 28.1 Å². The molecule has 2 aromatic heterocycles. The minimum Gasteiger partial charge on any atom is -0.333 e. The maximum absolute atomic E-state index is 13.0. The van der Waals surface area contributed by atoms with Crippen molar-refractivity contribution in [3.63, 3.8) is 0 Å². The van der Waals surface area contributed by atoms with Gasteiger partial charge in [-0.25, -0.2) is 4.98 Å². The Balaban J connectivity index is 1.53. The first kappa shape index (κ1) is 17.8. The molecule has 2 aliphatic rings. The number of piperidine rings is 1. The van der Waals surface area contributed by atoms with E-state index in [2.05, 4.69) is 10.3 Å². The molecule has 1 unspecified atom stereocenters. The van der Waals surface area contributed by atoms with Gasteiger partial charge in [0.25, 0.3) is 5.91 Å². The lowest BCUT2D eigenvalue weighted by Gasteiger charge is -2.29. The number of amides is 3. The van der Waals surface area contributed by atoms with Gasteiger partial charge in [-0.1, -0.05) is 30.3 Å². The number of fused-ring (bicyclic) bond motifs is 1. The maximum Gasteiger partial charge on any atom is 0.265 e. The van der Waals surface area contributed by atoms with Crippen LogP contribution < -0.4 is 5.32 Å². The van der Waals surface area contributed by atoms with E-state index in [1.54, 1.807) is 11.2 Å². The van der Waals surface area contributed by atoms with Crippen molar-refractivity contribution in [3.05, 3.63) is 52.5 Å². The topological polar surface area (TPSA) is 84.3 Å². The van der Waals surface area contributed by atoms with E-state index in [0.29, 0.717) is 17.8 Å². The molecule has 4 heterocycles. The Bertz CT molecular complexity index is 1150. The van der Waals surface area contributed by atoms with Gasteiger partial charge < -0.3 is 9.47 Å². The minimum atomic E-state index is -0.607. The molecule has 0 saturated carbocycles. The lowest BCUT2D eigenvalue weighted by atomic mass is 10.0. The number of nitrogens with zero attached hydrogens (tertiary/aromatic N) is 3. The van der Waals surface area contributed by atoms with Crippen molar-refractivity contribution in [3.8, 4) is 22.5 Å². The number of benzene rings is 1. The van der Waals surface area contributed by atoms with Gasteiger partial charge >= 0.3 is 0 Å². The fraction of sp³-hybridized carbons (Fsp3) is 0.238. The average molecular weight is 406 g/mol. The Morgan fingerprint density at radius 2 is 1.97 bits per heavy atom. The average Bonchev–Trinajstić information content (AvgIpc) is 3.38. The predicted octanol–water partition coefficient (Wildman–Crippen LogP) is 2.58. The summed E-state index contributed by atoms with van der Waals surface area (Å²) in [5, 5.41) is 4.31. The molecule has 8 heteroatoms. The molecular weight excluding hydrogens is 388 g/mol. The van der Waals surface area contributed by atoms with Crippen LogP contribution >= 0.6 is 11.3 Å². The third kappa shape index (κ3) is 2.79. The van der Waals surface area contributed by atoms with Crippen molar-refractivity contribution in [2.24, 2.45) is 7.05 Å². The number of thiophene rings is 1. The van der Waals surface area contributed by atoms with Gasteiger partial charge in [-0.2, -0.15) is 0 Å². The number of aromatic nitrogens is 2. The third-order valence-corrected chi connectivity index (χ3v) is 6.51. The normalized spacial score (nSPS) is 18.9. The van der Waals surface area contributed by atoms with Crippen LogP contribution in [-0.2, 0) is 23.2 Å². The monoisotopic (exact) mass is 406 g/mol. The first-order chi connectivity index (χ1) is 14.0. The van der Waals surface area contributed by atoms with Gasteiger partial charge in [0.15, 0.2) is 0 Å². The standard InChI is InChI=1S/C21H18N4O3S/c1-24-11-22-17(18(24)12-5-3-2-4-6-12)14-10-29-19-13(14)9-25(21(19)28)15-7-8-16(26)23-20(15)27/h2-6,10-11,15H,7-9H2,1H3,(H,23,26,27). The van der Waals surface area contributed by atoms with Crippen LogP contribution in [0.2, 0.25) is 0 Å². The highest BCUT2D eigenvalue weighted by atomic mass is 32.1. The van der Waals surface area contributed by atoms with Crippen LogP contribution in [0.1, 0.15) is 28.1 Å². The Morgan fingerprint density at radius 1 is 1.17 bits per heavy atom. The Hall–Kier alpha value is -3.26. The molecule has 0 aliphatic carbocycles. The molecule has 1 atom stereocenters. The van der Waals surface area contributed by atoms with E-state index >= 15 is 0 Å². The van der Waals surface area contributed by atoms with Crippen molar-refractivity contribution in [2.75, 3.05) is 0 Å². The molecule has 3 amide bonds. The summed E-state index contributed by atoms with van der Waals surface area (Å²) in [7, 11) is 1.95. The van der Waals surface area contributed by atoms with Gasteiger partial charge in [0.05, 0.1) is 22.6 Å². The molecule has 3 aromatic rings. The smallest absolute Gasteiger partial charge is 0.265 e. The van der Waals surface area contributed by atoms with Gasteiger partial charge in [-0.05, 0) is 6.42 Å². The number of nitrogens with one attached hydrogen (secondary N) is 1. The Labute approximate surface area is 171 Å². The lowest BCUT2D eigenvalue weighted by molar-refractivity contribution is -0.136. The van der Waals surface area contributed by atoms with Gasteiger partial charge in [0.1, 0.15) is 6.04 Å². The maximum atomic E-state index is 13.0. The number of rotatable bonds is 3. The molecular formula is C21H18N4O3S. The van der Waals surface area contributed by atoms with Crippen LogP contribution in [0.4, 0.5) is 0 Å². The molecule has 146 valence electrons. The highest BCUT2D eigenvalue weighted by molar-refractivity contribution is 7.12. The van der Waals surface area contributed by atoms with Crippen molar-refractivity contribution in [1.82, 2.24) is 19.8 Å². The number of hydrogen-bond donors (Lipinski definition) is 1. The largest absolute Gasteiger partial charge is 0.333 e. The molecule has 1 aromatic carbocycles. The molecule has 1 N–H and O–H groups in total. The molecule has 0 spiro atoms. The zero-order chi connectivity index (χ0) is 20.1. The van der Waals surface area contributed by atoms with Crippen LogP contribution in [0.3, 0.4) is 0 Å². The summed E-state index contributed by atoms with van der Waals surface area (Å²) < 4.78 is 1.98. The van der Waals surface area contributed by atoms with E-state index in [-0.39, 0.29) is 18.2 Å². The Kier molecular flexibility index (Phi) is 4.09. The number of carbonyl (C=O) groups is 3. The van der Waals surface area contributed by atoms with Crippen LogP contribution in [-0.4, -0.2) is 38.2 Å². The van der Waals surface area contributed by atoms with Gasteiger partial charge in [0.2, 0.25) is 11.8 Å². The second kappa shape index (κ2) is 6.66. The van der Waals surface area contributed by atoms with Crippen LogP contribution in [0, 0.1) is 0 Å². The van der Waals surface area contributed by atoms with E-state index < -0.39 is 11.9 Å². The molecule has 0 bridgehead atoms. The summed E-state index contributed by atoms with van der Waals surface area (Å²) >= 11 is 1.39. The van der Waals surface area contributed by atoms with Gasteiger partial charge in [-0.3, -0.25) is 19.7 Å². The molecule has 2 aliphatic heterocycles. The summed E-state index contributed by atoms with van der Waals surface area (Å²) in [6.07, 6.45) is 2.38. The fourth-order valence-corrected chi connectivity index (χ4v) is 5.11. The minimum absolute atomic E-state index is 0.150. The Morgan fingerprint density at radius 3 is 2.72 bits per heavy atom. The summed E-state index contributed by atoms with van der Waals surface area (Å²) in [5.74, 6) is -0.827. The highest BCUT2D eigenvalue weighted by Crippen LogP contribution is 2.41. The van der Waals surface area contributed by atoms with Crippen LogP contribution in [0.5, 0.6) is 0 Å². The SMILES string of the molecule is Cn1cnc(-c2csc3c2CN(C2CCC(=O)NC2=O)C3=O)c1-c1ccccc1. The predicted molar refractivity (Wildman–Crippen MR) is 108 cm³/mol. The molecule has 1 saturated heterocycles. The fourth-order valence-electron chi connectivity index (χ4n) is 4.09. The van der Waals surface area contributed by atoms with E-state index in [1.807, 2.05) is 47.3 Å². The summed E-state index contributed by atoms with van der Waals surface area (Å²) in [4.78, 5) is 43.5. The number of aryl methyl sites for hydroxylation is 1. The van der Waals surface area contributed by atoms with Crippen molar-refractivity contribution >= 4 is 29.1 Å². The zero-order valence-electron chi connectivity index (χ0n) is 15.7. The molecule has 1 fully saturated rings. The molecule has 0 radical (unpaired) electrons. The summed E-state index contributed by atoms with van der Waals surface area (Å²) in [6, 6.07) is 9.40. The van der Waals surface area contributed by atoms with Crippen molar-refractivity contribution in [1.29, 1.82) is 0 Å². The first-order valence-corrected chi connectivity index (χ1v) is 10.2. The molecule has 5 rings (SSSR count). The van der Waals surface area contributed by atoms with E-state index in [1.165, 1.54) is 11.3 Å². The van der Waals surface area contributed by atoms with Crippen LogP contribution in [0.25, 0.3) is 22.5 Å². The van der Waals surface area contributed by atoms with E-state index in [9.17, 15) is 14.4 Å². The summed E-state index contributed by atoms with van der Waals surface area (Å²) in [6.45, 7) is 0.351. The van der Waals surface area contributed by atoms with E-state index in [4.69, 9.17) is 0 Å². The zero-order valence-corrected chi connectivity index (χ0v) is 16.5. The third-order valence-electron chi connectivity index (χ3n) is 5.50. The number of carbonyl (C=O) groups excluding carboxylic acids is 3. The molecule has 7 nitrogen and oxygen atoms in total. The summed E-state index contributed by atoms with van der Waals surface area (Å²) in [5.41, 5.74) is 4.69. The van der Waals surface area contributed by atoms with Crippen LogP contribution in [0.15, 0.2) is 42.0 Å². The second-order valence-electron chi connectivity index (χ2n) is 7.28. The number of hydrogen-bond acceptors (Lipinski definition) is 5. The van der Waals surface area contributed by atoms with Crippen molar-refractivity contribution < 1.29 is 14.4 Å². The highest BCUT2D eigenvalue weighted by Gasteiger charge is 2.41. The van der Waals surface area contributed by atoms with Gasteiger partial charge in [-0.15, -0.1) is 11.3 Å². The number of imide groups is 1. The first-order valence-electron chi connectivity index (χ1n) is 9.36. The molecule has 29 heavy (non-hydrogen) atoms.